The molecule has 5 heteroatoms. The van der Waals surface area contributed by atoms with Gasteiger partial charge in [0.15, 0.2) is 5.69 Å². The minimum atomic E-state index is -0.662. The number of hydrogen-bond donors (Lipinski definition) is 2. The van der Waals surface area contributed by atoms with Gasteiger partial charge in [-0.05, 0) is 30.5 Å². The number of fused-ring (bicyclic) bond motifs is 1. The monoisotopic (exact) mass is 333 g/mol. The van der Waals surface area contributed by atoms with Crippen LogP contribution in [-0.4, -0.2) is 16.8 Å². The molecule has 1 aromatic heterocycles. The predicted octanol–water partition coefficient (Wildman–Crippen LogP) is 3.30. The number of nitrogens with one attached hydrogen (secondary N) is 1. The molecule has 126 valence electrons. The summed E-state index contributed by atoms with van der Waals surface area (Å²) in [4.78, 5) is 28.1. The van der Waals surface area contributed by atoms with E-state index in [2.05, 4.69) is 10.3 Å². The lowest BCUT2D eigenvalue weighted by atomic mass is 10.1. The van der Waals surface area contributed by atoms with Gasteiger partial charge in [0.1, 0.15) is 0 Å². The number of aromatic nitrogens is 1. The number of anilines is 1. The second-order valence-corrected chi connectivity index (χ2v) is 5.83. The van der Waals surface area contributed by atoms with Gasteiger partial charge in [0.25, 0.3) is 5.91 Å². The summed E-state index contributed by atoms with van der Waals surface area (Å²) < 4.78 is 0. The lowest BCUT2D eigenvalue weighted by Gasteiger charge is -2.10. The molecule has 3 aromatic rings. The smallest absolute Gasteiger partial charge is 0.269 e. The van der Waals surface area contributed by atoms with E-state index in [9.17, 15) is 9.59 Å². The summed E-state index contributed by atoms with van der Waals surface area (Å²) in [5.74, 6) is -0.819. The van der Waals surface area contributed by atoms with Gasteiger partial charge in [-0.2, -0.15) is 0 Å². The number of primary amides is 1. The van der Waals surface area contributed by atoms with E-state index in [-0.39, 0.29) is 11.6 Å². The number of benzene rings is 2. The van der Waals surface area contributed by atoms with Crippen molar-refractivity contribution in [2.24, 2.45) is 5.73 Å². The number of para-hydroxylation sites is 1. The van der Waals surface area contributed by atoms with Crippen molar-refractivity contribution in [2.45, 2.75) is 19.3 Å². The minimum Gasteiger partial charge on any atom is -0.364 e. The maximum Gasteiger partial charge on any atom is 0.269 e. The van der Waals surface area contributed by atoms with Gasteiger partial charge in [-0.1, -0.05) is 48.5 Å². The lowest BCUT2D eigenvalue weighted by molar-refractivity contribution is -0.116. The molecule has 0 spiro atoms. The zero-order chi connectivity index (χ0) is 17.6. The molecule has 2 aromatic carbocycles. The fraction of sp³-hybridized carbons (Fsp3) is 0.150. The van der Waals surface area contributed by atoms with Crippen molar-refractivity contribution in [2.75, 3.05) is 5.32 Å². The summed E-state index contributed by atoms with van der Waals surface area (Å²) in [7, 11) is 0. The van der Waals surface area contributed by atoms with Crippen LogP contribution in [-0.2, 0) is 11.2 Å². The Morgan fingerprint density at radius 1 is 1.00 bits per heavy atom. The van der Waals surface area contributed by atoms with E-state index in [1.165, 1.54) is 5.56 Å². The minimum absolute atomic E-state index is 0.0788. The second-order valence-electron chi connectivity index (χ2n) is 5.83. The first kappa shape index (κ1) is 16.6. The molecule has 0 fully saturated rings. The Balaban J connectivity index is 1.69. The number of carbonyl (C=O) groups excluding carboxylic acids is 2. The van der Waals surface area contributed by atoms with E-state index in [1.807, 2.05) is 48.5 Å². The molecule has 3 N–H and O–H groups in total. The number of amides is 2. The van der Waals surface area contributed by atoms with E-state index in [0.29, 0.717) is 17.6 Å². The van der Waals surface area contributed by atoms with Crippen LogP contribution in [0.3, 0.4) is 0 Å². The molecule has 25 heavy (non-hydrogen) atoms. The molecule has 2 amide bonds. The SMILES string of the molecule is NC(=O)c1nc2ccccc2cc1NC(=O)CCCc1ccccc1. The molecule has 5 nitrogen and oxygen atoms in total. The van der Waals surface area contributed by atoms with Crippen LogP contribution >= 0.6 is 0 Å². The van der Waals surface area contributed by atoms with Crippen LogP contribution < -0.4 is 11.1 Å². The van der Waals surface area contributed by atoms with E-state index >= 15 is 0 Å². The highest BCUT2D eigenvalue weighted by Gasteiger charge is 2.14. The van der Waals surface area contributed by atoms with Crippen molar-refractivity contribution in [3.8, 4) is 0 Å². The van der Waals surface area contributed by atoms with Gasteiger partial charge in [-0.15, -0.1) is 0 Å². The average molecular weight is 333 g/mol. The Morgan fingerprint density at radius 2 is 1.72 bits per heavy atom. The van der Waals surface area contributed by atoms with Crippen LogP contribution in [0.15, 0.2) is 60.7 Å². The van der Waals surface area contributed by atoms with Gasteiger partial charge < -0.3 is 11.1 Å². The molecule has 0 saturated carbocycles. The number of nitrogens with two attached hydrogens (primary N) is 1. The predicted molar refractivity (Wildman–Crippen MR) is 98.3 cm³/mol. The summed E-state index contributed by atoms with van der Waals surface area (Å²) in [5.41, 5.74) is 7.70. The van der Waals surface area contributed by atoms with E-state index < -0.39 is 5.91 Å². The van der Waals surface area contributed by atoms with E-state index in [4.69, 9.17) is 5.73 Å². The highest BCUT2D eigenvalue weighted by molar-refractivity contribution is 6.04. The standard InChI is InChI=1S/C20H19N3O2/c21-20(25)19-17(13-15-10-4-5-11-16(15)23-19)22-18(24)12-6-9-14-7-2-1-3-8-14/h1-5,7-8,10-11,13H,6,9,12H2,(H2,21,25)(H,22,24). The third-order valence-electron chi connectivity index (χ3n) is 3.94. The Hall–Kier alpha value is -3.21. The van der Waals surface area contributed by atoms with Crippen molar-refractivity contribution in [1.82, 2.24) is 4.98 Å². The molecule has 0 radical (unpaired) electrons. The number of pyridine rings is 1. The molecule has 0 aliphatic heterocycles. The van der Waals surface area contributed by atoms with Crippen LogP contribution in [0, 0.1) is 0 Å². The maximum absolute atomic E-state index is 12.2. The Bertz CT molecular complexity index is 907. The zero-order valence-corrected chi connectivity index (χ0v) is 13.7. The van der Waals surface area contributed by atoms with Crippen LogP contribution in [0.25, 0.3) is 10.9 Å². The lowest BCUT2D eigenvalue weighted by Crippen LogP contribution is -2.19. The van der Waals surface area contributed by atoms with Crippen molar-refractivity contribution >= 4 is 28.4 Å². The van der Waals surface area contributed by atoms with Crippen LogP contribution in [0.5, 0.6) is 0 Å². The van der Waals surface area contributed by atoms with Crippen molar-refractivity contribution < 1.29 is 9.59 Å². The third-order valence-corrected chi connectivity index (χ3v) is 3.94. The molecule has 0 bridgehead atoms. The van der Waals surface area contributed by atoms with E-state index in [0.717, 1.165) is 18.2 Å². The topological polar surface area (TPSA) is 85.1 Å². The van der Waals surface area contributed by atoms with Gasteiger partial charge in [-0.25, -0.2) is 4.98 Å². The summed E-state index contributed by atoms with van der Waals surface area (Å²) >= 11 is 0. The highest BCUT2D eigenvalue weighted by atomic mass is 16.2. The molecular weight excluding hydrogens is 314 g/mol. The Morgan fingerprint density at radius 3 is 2.48 bits per heavy atom. The Labute approximate surface area is 145 Å². The number of rotatable bonds is 6. The first-order chi connectivity index (χ1) is 12.1. The summed E-state index contributed by atoms with van der Waals surface area (Å²) in [5, 5.41) is 3.61. The fourth-order valence-corrected chi connectivity index (χ4v) is 2.71. The fourth-order valence-electron chi connectivity index (χ4n) is 2.71. The molecule has 3 rings (SSSR count). The van der Waals surface area contributed by atoms with E-state index in [1.54, 1.807) is 12.1 Å². The number of aryl methyl sites for hydroxylation is 1. The molecule has 1 heterocycles. The van der Waals surface area contributed by atoms with Crippen LogP contribution in [0.1, 0.15) is 28.9 Å². The summed E-state index contributed by atoms with van der Waals surface area (Å²) in [6.45, 7) is 0. The second kappa shape index (κ2) is 7.57. The number of carbonyl (C=O) groups is 2. The molecule has 0 atom stereocenters. The quantitative estimate of drug-likeness (QED) is 0.726. The maximum atomic E-state index is 12.2. The summed E-state index contributed by atoms with van der Waals surface area (Å²) in [6.07, 6.45) is 1.91. The number of hydrogen-bond acceptors (Lipinski definition) is 3. The molecule has 0 aliphatic rings. The van der Waals surface area contributed by atoms with Gasteiger partial charge in [-0.3, -0.25) is 9.59 Å². The van der Waals surface area contributed by atoms with Crippen LogP contribution in [0.2, 0.25) is 0 Å². The average Bonchev–Trinajstić information content (AvgIpc) is 2.62. The van der Waals surface area contributed by atoms with Crippen LogP contribution in [0.4, 0.5) is 5.69 Å². The van der Waals surface area contributed by atoms with Crippen molar-refractivity contribution in [3.05, 3.63) is 71.9 Å². The largest absolute Gasteiger partial charge is 0.364 e. The summed E-state index contributed by atoms with van der Waals surface area (Å²) in [6, 6.07) is 19.1. The van der Waals surface area contributed by atoms with Gasteiger partial charge in [0.2, 0.25) is 5.91 Å². The molecule has 0 unspecified atom stereocenters. The van der Waals surface area contributed by atoms with Crippen molar-refractivity contribution in [1.29, 1.82) is 0 Å². The van der Waals surface area contributed by atoms with Crippen molar-refractivity contribution in [3.63, 3.8) is 0 Å². The number of nitrogens with zero attached hydrogens (tertiary/aromatic N) is 1. The Kier molecular flexibility index (Phi) is 5.04. The van der Waals surface area contributed by atoms with Gasteiger partial charge in [0, 0.05) is 11.8 Å². The molecular formula is C20H19N3O2. The van der Waals surface area contributed by atoms with Gasteiger partial charge >= 0.3 is 0 Å². The zero-order valence-electron chi connectivity index (χ0n) is 13.7. The first-order valence-corrected chi connectivity index (χ1v) is 8.17. The molecule has 0 aliphatic carbocycles. The first-order valence-electron chi connectivity index (χ1n) is 8.17. The third kappa shape index (κ3) is 4.20. The molecule has 0 saturated heterocycles. The normalized spacial score (nSPS) is 10.6. The highest BCUT2D eigenvalue weighted by Crippen LogP contribution is 2.21. The van der Waals surface area contributed by atoms with Gasteiger partial charge in [0.05, 0.1) is 11.2 Å².